The van der Waals surface area contributed by atoms with Gasteiger partial charge in [-0.1, -0.05) is 0 Å². The molecular formula is C10H13F2N3O2. The largest absolute Gasteiger partial charge is 0.379 e. The number of nitrogens with zero attached hydrogens (tertiary/aromatic N) is 1. The molecule has 3 N–H and O–H groups in total. The van der Waals surface area contributed by atoms with Crippen LogP contribution in [0, 0.1) is 17.0 Å². The molecule has 0 heterocycles. The molecule has 0 saturated carbocycles. The standard InChI is InChI=1S/C10H13F2N3O2/c1-7-4-8(15(16)17)2-3-9(7)14-6-10(11,12)5-13/h2-4,14H,5-6,13H2,1H3. The number of hydrogen-bond acceptors (Lipinski definition) is 4. The summed E-state index contributed by atoms with van der Waals surface area (Å²) in [5, 5.41) is 13.0. The zero-order valence-electron chi connectivity index (χ0n) is 9.24. The van der Waals surface area contributed by atoms with Crippen molar-refractivity contribution in [2.75, 3.05) is 18.4 Å². The van der Waals surface area contributed by atoms with Crippen LogP contribution in [0.3, 0.4) is 0 Å². The van der Waals surface area contributed by atoms with Gasteiger partial charge in [-0.05, 0) is 18.6 Å². The van der Waals surface area contributed by atoms with Gasteiger partial charge >= 0.3 is 0 Å². The molecule has 1 rings (SSSR count). The molecule has 0 fully saturated rings. The van der Waals surface area contributed by atoms with Gasteiger partial charge in [-0.2, -0.15) is 0 Å². The molecule has 0 spiro atoms. The van der Waals surface area contributed by atoms with E-state index in [0.717, 1.165) is 0 Å². The molecule has 1 aromatic carbocycles. The van der Waals surface area contributed by atoms with Gasteiger partial charge in [0, 0.05) is 17.8 Å². The summed E-state index contributed by atoms with van der Waals surface area (Å²) in [5.41, 5.74) is 5.79. The smallest absolute Gasteiger partial charge is 0.276 e. The predicted molar refractivity (Wildman–Crippen MR) is 60.3 cm³/mol. The Balaban J connectivity index is 2.77. The number of nitrogens with two attached hydrogens (primary N) is 1. The molecule has 5 nitrogen and oxygen atoms in total. The first kappa shape index (κ1) is 13.3. The van der Waals surface area contributed by atoms with Crippen LogP contribution in [-0.4, -0.2) is 23.9 Å². The zero-order chi connectivity index (χ0) is 13.1. The minimum absolute atomic E-state index is 0.0707. The summed E-state index contributed by atoms with van der Waals surface area (Å²) in [5.74, 6) is -2.99. The SMILES string of the molecule is Cc1cc([N+](=O)[O-])ccc1NCC(F)(F)CN. The van der Waals surface area contributed by atoms with Gasteiger partial charge in [0.05, 0.1) is 18.0 Å². The Hall–Kier alpha value is -1.76. The number of aryl methyl sites for hydroxylation is 1. The number of nitrogens with one attached hydrogen (secondary N) is 1. The van der Waals surface area contributed by atoms with E-state index in [0.29, 0.717) is 11.3 Å². The summed E-state index contributed by atoms with van der Waals surface area (Å²) in [6.07, 6.45) is 0. The maximum Gasteiger partial charge on any atom is 0.276 e. The maximum atomic E-state index is 12.9. The Bertz CT molecular complexity index is 424. The lowest BCUT2D eigenvalue weighted by molar-refractivity contribution is -0.384. The molecule has 0 bridgehead atoms. The van der Waals surface area contributed by atoms with Crippen molar-refractivity contribution in [1.29, 1.82) is 0 Å². The van der Waals surface area contributed by atoms with E-state index in [2.05, 4.69) is 5.32 Å². The molecule has 0 atom stereocenters. The van der Waals surface area contributed by atoms with E-state index in [4.69, 9.17) is 5.73 Å². The summed E-state index contributed by atoms with van der Waals surface area (Å²) < 4.78 is 25.8. The normalized spacial score (nSPS) is 11.3. The summed E-state index contributed by atoms with van der Waals surface area (Å²) in [7, 11) is 0. The van der Waals surface area contributed by atoms with E-state index in [-0.39, 0.29) is 5.69 Å². The number of alkyl halides is 2. The van der Waals surface area contributed by atoms with E-state index in [1.807, 2.05) is 0 Å². The van der Waals surface area contributed by atoms with E-state index < -0.39 is 23.9 Å². The molecule has 0 aromatic heterocycles. The average molecular weight is 245 g/mol. The molecule has 7 heteroatoms. The van der Waals surface area contributed by atoms with Gasteiger partial charge < -0.3 is 11.1 Å². The maximum absolute atomic E-state index is 12.9. The van der Waals surface area contributed by atoms with E-state index in [9.17, 15) is 18.9 Å². The van der Waals surface area contributed by atoms with Crippen LogP contribution in [0.15, 0.2) is 18.2 Å². The number of anilines is 1. The van der Waals surface area contributed by atoms with E-state index in [1.54, 1.807) is 6.92 Å². The van der Waals surface area contributed by atoms with Crippen molar-refractivity contribution >= 4 is 11.4 Å². The van der Waals surface area contributed by atoms with Crippen LogP contribution in [0.1, 0.15) is 5.56 Å². The van der Waals surface area contributed by atoms with Gasteiger partial charge in [-0.15, -0.1) is 0 Å². The first-order chi connectivity index (χ1) is 7.85. The summed E-state index contributed by atoms with van der Waals surface area (Å²) >= 11 is 0. The van der Waals surface area contributed by atoms with Crippen LogP contribution >= 0.6 is 0 Å². The quantitative estimate of drug-likeness (QED) is 0.613. The second-order valence-electron chi connectivity index (χ2n) is 3.67. The lowest BCUT2D eigenvalue weighted by Gasteiger charge is -2.16. The molecule has 0 saturated heterocycles. The highest BCUT2D eigenvalue weighted by molar-refractivity contribution is 5.55. The van der Waals surface area contributed by atoms with Crippen LogP contribution in [-0.2, 0) is 0 Å². The number of benzene rings is 1. The molecule has 0 aliphatic carbocycles. The summed E-state index contributed by atoms with van der Waals surface area (Å²) in [6, 6.07) is 3.99. The van der Waals surface area contributed by atoms with Gasteiger partial charge in [0.25, 0.3) is 11.6 Å². The van der Waals surface area contributed by atoms with Crippen molar-refractivity contribution < 1.29 is 13.7 Å². The van der Waals surface area contributed by atoms with Crippen LogP contribution in [0.4, 0.5) is 20.2 Å². The fraction of sp³-hybridized carbons (Fsp3) is 0.400. The Morgan fingerprint density at radius 2 is 2.18 bits per heavy atom. The molecule has 94 valence electrons. The number of nitro benzene ring substituents is 1. The lowest BCUT2D eigenvalue weighted by atomic mass is 10.1. The molecule has 0 amide bonds. The molecule has 1 aromatic rings. The molecule has 0 aliphatic heterocycles. The zero-order valence-corrected chi connectivity index (χ0v) is 9.24. The Labute approximate surface area is 96.8 Å². The third kappa shape index (κ3) is 3.63. The van der Waals surface area contributed by atoms with Crippen molar-refractivity contribution in [3.63, 3.8) is 0 Å². The number of hydrogen-bond donors (Lipinski definition) is 2. The fourth-order valence-corrected chi connectivity index (χ4v) is 1.26. The number of rotatable bonds is 5. The second-order valence-corrected chi connectivity index (χ2v) is 3.67. The van der Waals surface area contributed by atoms with Gasteiger partial charge in [0.1, 0.15) is 0 Å². The van der Waals surface area contributed by atoms with Crippen LogP contribution in [0.25, 0.3) is 0 Å². The fourth-order valence-electron chi connectivity index (χ4n) is 1.26. The van der Waals surface area contributed by atoms with Crippen LogP contribution in [0.5, 0.6) is 0 Å². The Kier molecular flexibility index (Phi) is 3.95. The first-order valence-corrected chi connectivity index (χ1v) is 4.92. The highest BCUT2D eigenvalue weighted by Gasteiger charge is 2.26. The van der Waals surface area contributed by atoms with Crippen LogP contribution in [0.2, 0.25) is 0 Å². The number of halogens is 2. The van der Waals surface area contributed by atoms with E-state index in [1.165, 1.54) is 18.2 Å². The van der Waals surface area contributed by atoms with Crippen molar-refractivity contribution in [2.24, 2.45) is 5.73 Å². The first-order valence-electron chi connectivity index (χ1n) is 4.92. The topological polar surface area (TPSA) is 81.2 Å². The highest BCUT2D eigenvalue weighted by Crippen LogP contribution is 2.22. The van der Waals surface area contributed by atoms with Gasteiger partial charge in [-0.3, -0.25) is 10.1 Å². The molecule has 0 unspecified atom stereocenters. The van der Waals surface area contributed by atoms with Gasteiger partial charge in [-0.25, -0.2) is 8.78 Å². The van der Waals surface area contributed by atoms with Gasteiger partial charge in [0.2, 0.25) is 0 Å². The van der Waals surface area contributed by atoms with Crippen molar-refractivity contribution in [1.82, 2.24) is 0 Å². The number of nitro groups is 1. The molecular weight excluding hydrogens is 232 g/mol. The Morgan fingerprint density at radius 1 is 1.53 bits per heavy atom. The van der Waals surface area contributed by atoms with Crippen molar-refractivity contribution in [3.8, 4) is 0 Å². The monoisotopic (exact) mass is 245 g/mol. The summed E-state index contributed by atoms with van der Waals surface area (Å²) in [4.78, 5) is 9.94. The highest BCUT2D eigenvalue weighted by atomic mass is 19.3. The predicted octanol–water partition coefficient (Wildman–Crippen LogP) is 1.91. The number of non-ortho nitro benzene ring substituents is 1. The molecule has 0 radical (unpaired) electrons. The third-order valence-corrected chi connectivity index (χ3v) is 2.26. The lowest BCUT2D eigenvalue weighted by Crippen LogP contribution is -2.35. The Morgan fingerprint density at radius 3 is 2.65 bits per heavy atom. The van der Waals surface area contributed by atoms with E-state index >= 15 is 0 Å². The molecule has 17 heavy (non-hydrogen) atoms. The third-order valence-electron chi connectivity index (χ3n) is 2.26. The second kappa shape index (κ2) is 5.05. The average Bonchev–Trinajstić information content (AvgIpc) is 2.27. The van der Waals surface area contributed by atoms with Crippen molar-refractivity contribution in [3.05, 3.63) is 33.9 Å². The minimum Gasteiger partial charge on any atom is -0.379 e. The van der Waals surface area contributed by atoms with Gasteiger partial charge in [0.15, 0.2) is 0 Å². The summed E-state index contributed by atoms with van der Waals surface area (Å²) in [6.45, 7) is 0.268. The molecule has 0 aliphatic rings. The minimum atomic E-state index is -2.99. The van der Waals surface area contributed by atoms with Crippen molar-refractivity contribution in [2.45, 2.75) is 12.8 Å². The van der Waals surface area contributed by atoms with Crippen LogP contribution < -0.4 is 11.1 Å².